The molecule has 5 fully saturated rings. The third kappa shape index (κ3) is 3.16. The van der Waals surface area contributed by atoms with E-state index in [4.69, 9.17) is 0 Å². The molecule has 4 heteroatoms. The van der Waals surface area contributed by atoms with Crippen molar-refractivity contribution in [3.05, 3.63) is 0 Å². The first-order chi connectivity index (χ1) is 15.7. The highest BCUT2D eigenvalue weighted by Crippen LogP contribution is 2.71. The van der Waals surface area contributed by atoms with Gasteiger partial charge in [0, 0.05) is 5.41 Å². The molecule has 5 aliphatic rings. The molecule has 0 aromatic heterocycles. The van der Waals surface area contributed by atoms with Crippen LogP contribution in [-0.2, 0) is 0 Å². The van der Waals surface area contributed by atoms with Crippen LogP contribution in [0.15, 0.2) is 0 Å². The fraction of sp³-hybridized carbons (Fsp3) is 1.00. The molecule has 5 rings (SSSR count). The molecule has 0 aromatic carbocycles. The lowest BCUT2D eigenvalue weighted by molar-refractivity contribution is -0.222. The molecule has 4 nitrogen and oxygen atoms in total. The molecule has 0 radical (unpaired) electrons. The quantitative estimate of drug-likeness (QED) is 0.414. The topological polar surface area (TPSA) is 80.9 Å². The molecule has 34 heavy (non-hydrogen) atoms. The van der Waals surface area contributed by atoms with Gasteiger partial charge in [0.05, 0.1) is 24.4 Å². The van der Waals surface area contributed by atoms with Gasteiger partial charge in [-0.2, -0.15) is 0 Å². The monoisotopic (exact) mass is 476 g/mol. The highest BCUT2D eigenvalue weighted by molar-refractivity contribution is 5.17. The summed E-state index contributed by atoms with van der Waals surface area (Å²) < 4.78 is 0. The van der Waals surface area contributed by atoms with E-state index >= 15 is 0 Å². The third-order valence-electron chi connectivity index (χ3n) is 13.6. The average Bonchev–Trinajstić information content (AvgIpc) is 2.88. The van der Waals surface area contributed by atoms with Crippen molar-refractivity contribution >= 4 is 0 Å². The van der Waals surface area contributed by atoms with Crippen LogP contribution in [0.2, 0.25) is 0 Å². The molecule has 0 heterocycles. The first-order valence-corrected chi connectivity index (χ1v) is 14.4. The molecule has 0 amide bonds. The van der Waals surface area contributed by atoms with Gasteiger partial charge in [0.15, 0.2) is 0 Å². The van der Waals surface area contributed by atoms with Crippen LogP contribution in [0.3, 0.4) is 0 Å². The van der Waals surface area contributed by atoms with Crippen LogP contribution >= 0.6 is 0 Å². The van der Waals surface area contributed by atoms with Gasteiger partial charge in [-0.15, -0.1) is 0 Å². The average molecular weight is 477 g/mol. The Hall–Kier alpha value is -0.160. The fourth-order valence-electron chi connectivity index (χ4n) is 11.8. The van der Waals surface area contributed by atoms with E-state index in [1.54, 1.807) is 0 Å². The Morgan fingerprint density at radius 3 is 1.82 bits per heavy atom. The minimum Gasteiger partial charge on any atom is -0.396 e. The van der Waals surface area contributed by atoms with Crippen molar-refractivity contribution in [2.24, 2.45) is 50.7 Å². The molecule has 196 valence electrons. The van der Waals surface area contributed by atoms with E-state index in [0.29, 0.717) is 11.8 Å². The summed E-state index contributed by atoms with van der Waals surface area (Å²) in [6.45, 7) is 14.1. The lowest BCUT2D eigenvalue weighted by Crippen LogP contribution is -2.63. The number of fused-ring (bicyclic) bond motifs is 6. The van der Waals surface area contributed by atoms with Gasteiger partial charge in [0.2, 0.25) is 0 Å². The Morgan fingerprint density at radius 2 is 1.18 bits per heavy atom. The molecular weight excluding hydrogens is 424 g/mol. The molecule has 5 saturated carbocycles. The predicted octanol–water partition coefficient (Wildman–Crippen LogP) is 5.31. The molecule has 11 atom stereocenters. The van der Waals surface area contributed by atoms with Crippen molar-refractivity contribution in [2.75, 3.05) is 6.61 Å². The second-order valence-corrected chi connectivity index (χ2v) is 15.4. The molecule has 0 bridgehead atoms. The first kappa shape index (κ1) is 25.5. The molecular formula is C30H52O4. The molecule has 0 aromatic rings. The maximum absolute atomic E-state index is 12.4. The van der Waals surface area contributed by atoms with E-state index in [9.17, 15) is 20.4 Å². The van der Waals surface area contributed by atoms with Gasteiger partial charge >= 0.3 is 0 Å². The van der Waals surface area contributed by atoms with Gasteiger partial charge in [-0.3, -0.25) is 0 Å². The standard InChI is InChI=1S/C30H52O4/c1-25(2)19-9-13-26(3)17-30(34)16-10-21-28(5,15-12-24(33)29(21,6)18-31)22(30)8-7-20(26)27(19,4)14-11-23(25)32/h19-24,31-34H,7-18H2,1-6H3. The molecule has 11 unspecified atom stereocenters. The van der Waals surface area contributed by atoms with Crippen molar-refractivity contribution < 1.29 is 20.4 Å². The van der Waals surface area contributed by atoms with Gasteiger partial charge < -0.3 is 20.4 Å². The van der Waals surface area contributed by atoms with Gasteiger partial charge in [0.25, 0.3) is 0 Å². The van der Waals surface area contributed by atoms with E-state index in [1.165, 1.54) is 0 Å². The normalized spacial score (nSPS) is 59.1. The minimum absolute atomic E-state index is 0.0249. The molecule has 0 spiro atoms. The summed E-state index contributed by atoms with van der Waals surface area (Å²) in [7, 11) is 0. The zero-order valence-corrected chi connectivity index (χ0v) is 22.7. The zero-order chi connectivity index (χ0) is 24.9. The van der Waals surface area contributed by atoms with Gasteiger partial charge in [-0.25, -0.2) is 0 Å². The Balaban J connectivity index is 1.52. The van der Waals surface area contributed by atoms with Crippen molar-refractivity contribution in [3.63, 3.8) is 0 Å². The Kier molecular flexibility index (Phi) is 5.76. The second kappa shape index (κ2) is 7.68. The zero-order valence-electron chi connectivity index (χ0n) is 22.7. The lowest BCUT2D eigenvalue weighted by atomic mass is 9.41. The Labute approximate surface area is 207 Å². The second-order valence-electron chi connectivity index (χ2n) is 15.4. The molecule has 0 aliphatic heterocycles. The highest BCUT2D eigenvalue weighted by atomic mass is 16.3. The van der Waals surface area contributed by atoms with Gasteiger partial charge in [-0.05, 0) is 116 Å². The summed E-state index contributed by atoms with van der Waals surface area (Å²) in [5, 5.41) is 44.6. The number of rotatable bonds is 1. The smallest absolute Gasteiger partial charge is 0.0686 e. The van der Waals surface area contributed by atoms with Gasteiger partial charge in [-0.1, -0.05) is 41.5 Å². The summed E-state index contributed by atoms with van der Waals surface area (Å²) in [6, 6.07) is 0. The van der Waals surface area contributed by atoms with E-state index < -0.39 is 17.1 Å². The van der Waals surface area contributed by atoms with Crippen LogP contribution in [0, 0.1) is 50.7 Å². The van der Waals surface area contributed by atoms with Crippen LogP contribution < -0.4 is 0 Å². The van der Waals surface area contributed by atoms with Crippen molar-refractivity contribution in [1.29, 1.82) is 0 Å². The largest absolute Gasteiger partial charge is 0.396 e. The highest BCUT2D eigenvalue weighted by Gasteiger charge is 2.67. The van der Waals surface area contributed by atoms with Crippen molar-refractivity contribution in [1.82, 2.24) is 0 Å². The maximum atomic E-state index is 12.4. The molecule has 4 N–H and O–H groups in total. The van der Waals surface area contributed by atoms with E-state index in [2.05, 4.69) is 41.5 Å². The van der Waals surface area contributed by atoms with E-state index in [0.717, 1.165) is 70.6 Å². The van der Waals surface area contributed by atoms with E-state index in [-0.39, 0.29) is 46.2 Å². The fourth-order valence-corrected chi connectivity index (χ4v) is 11.8. The maximum Gasteiger partial charge on any atom is 0.0686 e. The van der Waals surface area contributed by atoms with Crippen LogP contribution in [-0.4, -0.2) is 44.8 Å². The first-order valence-electron chi connectivity index (χ1n) is 14.4. The third-order valence-corrected chi connectivity index (χ3v) is 13.6. The SMILES string of the molecule is CC12CCC3C(C)(C)C(O)CCC3(C)C1CCC1C(O)(CCC3C(C)(CO)C(O)CCC13C)C2. The van der Waals surface area contributed by atoms with Crippen molar-refractivity contribution in [2.45, 2.75) is 130 Å². The van der Waals surface area contributed by atoms with Crippen LogP contribution in [0.4, 0.5) is 0 Å². The summed E-state index contributed by atoms with van der Waals surface area (Å²) >= 11 is 0. The van der Waals surface area contributed by atoms with E-state index in [1.807, 2.05) is 0 Å². The summed E-state index contributed by atoms with van der Waals surface area (Å²) in [4.78, 5) is 0. The number of hydrogen-bond donors (Lipinski definition) is 4. The number of hydrogen-bond acceptors (Lipinski definition) is 4. The summed E-state index contributed by atoms with van der Waals surface area (Å²) in [5.74, 6) is 1.57. The van der Waals surface area contributed by atoms with Crippen LogP contribution in [0.1, 0.15) is 112 Å². The molecule has 5 aliphatic carbocycles. The van der Waals surface area contributed by atoms with Gasteiger partial charge in [0.1, 0.15) is 0 Å². The van der Waals surface area contributed by atoms with Crippen molar-refractivity contribution in [3.8, 4) is 0 Å². The lowest BCUT2D eigenvalue weighted by Gasteiger charge is -2.65. The van der Waals surface area contributed by atoms with Crippen LogP contribution in [0.5, 0.6) is 0 Å². The minimum atomic E-state index is -0.652. The summed E-state index contributed by atoms with van der Waals surface area (Å²) in [6.07, 6.45) is 10.1. The summed E-state index contributed by atoms with van der Waals surface area (Å²) in [5.41, 5.74) is -0.884. The number of aliphatic hydroxyl groups excluding tert-OH is 3. The Bertz CT molecular complexity index is 812. The Morgan fingerprint density at radius 1 is 0.618 bits per heavy atom. The number of aliphatic hydroxyl groups is 4. The predicted molar refractivity (Wildman–Crippen MR) is 135 cm³/mol. The molecule has 0 saturated heterocycles. The van der Waals surface area contributed by atoms with Crippen LogP contribution in [0.25, 0.3) is 0 Å².